The van der Waals surface area contributed by atoms with Gasteiger partial charge in [-0.05, 0) is 20.3 Å². The molecule has 1 fully saturated rings. The van der Waals surface area contributed by atoms with E-state index in [0.29, 0.717) is 6.04 Å². The summed E-state index contributed by atoms with van der Waals surface area (Å²) in [6.07, 6.45) is 2.22. The molecule has 19 heavy (non-hydrogen) atoms. The predicted molar refractivity (Wildman–Crippen MR) is 77.8 cm³/mol. The van der Waals surface area contributed by atoms with Crippen LogP contribution in [0.5, 0.6) is 0 Å². The number of nitrogens with zero attached hydrogens (tertiary/aromatic N) is 3. The highest BCUT2D eigenvalue weighted by molar-refractivity contribution is 5.50. The molecule has 2 heterocycles. The molecular weight excluding hydrogens is 240 g/mol. The zero-order valence-electron chi connectivity index (χ0n) is 12.3. The molecule has 0 bridgehead atoms. The zero-order chi connectivity index (χ0) is 13.8. The maximum atomic E-state index is 5.68. The molecule has 0 amide bonds. The molecule has 1 aliphatic rings. The lowest BCUT2D eigenvalue weighted by Crippen LogP contribution is -2.47. The van der Waals surface area contributed by atoms with Gasteiger partial charge in [-0.1, -0.05) is 6.92 Å². The number of rotatable bonds is 4. The van der Waals surface area contributed by atoms with E-state index in [1.165, 1.54) is 0 Å². The summed E-state index contributed by atoms with van der Waals surface area (Å²) in [5.74, 6) is 2.81. The van der Waals surface area contributed by atoms with Crippen molar-refractivity contribution in [1.82, 2.24) is 9.97 Å². The number of hydrogen-bond acceptors (Lipinski definition) is 5. The lowest BCUT2D eigenvalue weighted by Gasteiger charge is -2.37. The first-order chi connectivity index (χ1) is 9.13. The Hall–Kier alpha value is -1.36. The summed E-state index contributed by atoms with van der Waals surface area (Å²) in [6, 6.07) is 2.37. The van der Waals surface area contributed by atoms with Crippen LogP contribution < -0.4 is 10.2 Å². The van der Waals surface area contributed by atoms with Crippen molar-refractivity contribution in [3.63, 3.8) is 0 Å². The van der Waals surface area contributed by atoms with Crippen LogP contribution in [0.25, 0.3) is 0 Å². The standard InChI is InChI=1S/C14H24N4O/c1-5-6-12-16-13(15-4)7-14(17-12)18-8-11(3)19-9-10(18)2/h7,10-11H,5-6,8-9H2,1-4H3,(H,15,16,17). The normalized spacial score (nSPS) is 23.5. The average Bonchev–Trinajstić information content (AvgIpc) is 2.41. The Balaban J connectivity index is 2.28. The molecule has 2 unspecified atom stereocenters. The van der Waals surface area contributed by atoms with Crippen molar-refractivity contribution < 1.29 is 4.74 Å². The third-order valence-electron chi connectivity index (χ3n) is 3.39. The molecule has 5 heteroatoms. The SMILES string of the molecule is CCCc1nc(NC)cc(N2CC(C)OCC2C)n1. The molecule has 0 spiro atoms. The molecule has 2 rings (SSSR count). The first-order valence-corrected chi connectivity index (χ1v) is 7.08. The highest BCUT2D eigenvalue weighted by Gasteiger charge is 2.25. The van der Waals surface area contributed by atoms with Gasteiger partial charge in [-0.3, -0.25) is 0 Å². The minimum Gasteiger partial charge on any atom is -0.375 e. The Morgan fingerprint density at radius 2 is 2.21 bits per heavy atom. The Bertz CT molecular complexity index is 424. The lowest BCUT2D eigenvalue weighted by molar-refractivity contribution is 0.0340. The van der Waals surface area contributed by atoms with E-state index in [9.17, 15) is 0 Å². The summed E-state index contributed by atoms with van der Waals surface area (Å²) in [4.78, 5) is 11.5. The second-order valence-corrected chi connectivity index (χ2v) is 5.17. The third-order valence-corrected chi connectivity index (χ3v) is 3.39. The maximum absolute atomic E-state index is 5.68. The number of anilines is 2. The third kappa shape index (κ3) is 3.35. The molecule has 0 radical (unpaired) electrons. The predicted octanol–water partition coefficient (Wildman–Crippen LogP) is 2.08. The lowest BCUT2D eigenvalue weighted by atomic mass is 10.2. The summed E-state index contributed by atoms with van der Waals surface area (Å²) < 4.78 is 5.68. The first kappa shape index (κ1) is 14.1. The summed E-state index contributed by atoms with van der Waals surface area (Å²) in [5, 5.41) is 3.12. The first-order valence-electron chi connectivity index (χ1n) is 7.08. The fourth-order valence-electron chi connectivity index (χ4n) is 2.32. The van der Waals surface area contributed by atoms with Crippen molar-refractivity contribution in [2.45, 2.75) is 45.8 Å². The molecule has 1 aromatic heterocycles. The summed E-state index contributed by atoms with van der Waals surface area (Å²) >= 11 is 0. The Morgan fingerprint density at radius 1 is 1.42 bits per heavy atom. The van der Waals surface area contributed by atoms with Gasteiger partial charge in [0.15, 0.2) is 0 Å². The fourth-order valence-corrected chi connectivity index (χ4v) is 2.32. The maximum Gasteiger partial charge on any atom is 0.134 e. The number of nitrogens with one attached hydrogen (secondary N) is 1. The Morgan fingerprint density at radius 3 is 2.89 bits per heavy atom. The van der Waals surface area contributed by atoms with Gasteiger partial charge in [0.25, 0.3) is 0 Å². The molecule has 1 aliphatic heterocycles. The van der Waals surface area contributed by atoms with Crippen LogP contribution >= 0.6 is 0 Å². The van der Waals surface area contributed by atoms with Gasteiger partial charge in [0.1, 0.15) is 17.5 Å². The molecule has 2 atom stereocenters. The number of ether oxygens (including phenoxy) is 1. The average molecular weight is 264 g/mol. The van der Waals surface area contributed by atoms with Gasteiger partial charge >= 0.3 is 0 Å². The van der Waals surface area contributed by atoms with Gasteiger partial charge in [-0.2, -0.15) is 0 Å². The topological polar surface area (TPSA) is 50.3 Å². The van der Waals surface area contributed by atoms with E-state index in [-0.39, 0.29) is 6.10 Å². The van der Waals surface area contributed by atoms with Crippen molar-refractivity contribution in [3.05, 3.63) is 11.9 Å². The largest absolute Gasteiger partial charge is 0.375 e. The highest BCUT2D eigenvalue weighted by Crippen LogP contribution is 2.22. The second-order valence-electron chi connectivity index (χ2n) is 5.17. The van der Waals surface area contributed by atoms with E-state index in [1.54, 1.807) is 0 Å². The molecule has 5 nitrogen and oxygen atoms in total. The number of aromatic nitrogens is 2. The van der Waals surface area contributed by atoms with E-state index >= 15 is 0 Å². The van der Waals surface area contributed by atoms with Gasteiger partial charge in [0.2, 0.25) is 0 Å². The van der Waals surface area contributed by atoms with Gasteiger partial charge in [0.05, 0.1) is 18.8 Å². The van der Waals surface area contributed by atoms with Crippen molar-refractivity contribution >= 4 is 11.6 Å². The molecule has 1 saturated heterocycles. The molecule has 0 aliphatic carbocycles. The fraction of sp³-hybridized carbons (Fsp3) is 0.714. The van der Waals surface area contributed by atoms with Gasteiger partial charge in [-0.15, -0.1) is 0 Å². The van der Waals surface area contributed by atoms with Crippen LogP contribution in [0.2, 0.25) is 0 Å². The van der Waals surface area contributed by atoms with Gasteiger partial charge in [-0.25, -0.2) is 9.97 Å². The van der Waals surface area contributed by atoms with Crippen LogP contribution in [0.4, 0.5) is 11.6 Å². The highest BCUT2D eigenvalue weighted by atomic mass is 16.5. The van der Waals surface area contributed by atoms with Crippen molar-refractivity contribution in [3.8, 4) is 0 Å². The van der Waals surface area contributed by atoms with Gasteiger partial charge < -0.3 is 15.0 Å². The van der Waals surface area contributed by atoms with Crippen molar-refractivity contribution in [1.29, 1.82) is 0 Å². The molecule has 1 aromatic rings. The number of aryl methyl sites for hydroxylation is 1. The molecular formula is C14H24N4O. The molecule has 0 saturated carbocycles. The van der Waals surface area contributed by atoms with E-state index in [4.69, 9.17) is 9.72 Å². The minimum absolute atomic E-state index is 0.249. The van der Waals surface area contributed by atoms with E-state index in [0.717, 1.165) is 43.5 Å². The van der Waals surface area contributed by atoms with Crippen LogP contribution in [-0.4, -0.2) is 42.3 Å². The molecule has 1 N–H and O–H groups in total. The van der Waals surface area contributed by atoms with Crippen LogP contribution in [0.1, 0.15) is 33.0 Å². The van der Waals surface area contributed by atoms with Crippen LogP contribution in [0.15, 0.2) is 6.07 Å². The Labute approximate surface area is 115 Å². The molecule has 106 valence electrons. The summed E-state index contributed by atoms with van der Waals surface area (Å²) in [7, 11) is 1.90. The van der Waals surface area contributed by atoms with E-state index < -0.39 is 0 Å². The molecule has 0 aromatic carbocycles. The van der Waals surface area contributed by atoms with Gasteiger partial charge in [0, 0.05) is 26.1 Å². The van der Waals surface area contributed by atoms with Crippen LogP contribution in [0.3, 0.4) is 0 Å². The smallest absolute Gasteiger partial charge is 0.134 e. The second kappa shape index (κ2) is 6.19. The zero-order valence-corrected chi connectivity index (χ0v) is 12.3. The van der Waals surface area contributed by atoms with E-state index in [1.807, 2.05) is 13.1 Å². The monoisotopic (exact) mass is 264 g/mol. The quantitative estimate of drug-likeness (QED) is 0.902. The summed E-state index contributed by atoms with van der Waals surface area (Å²) in [5.41, 5.74) is 0. The van der Waals surface area contributed by atoms with Crippen LogP contribution in [-0.2, 0) is 11.2 Å². The van der Waals surface area contributed by atoms with E-state index in [2.05, 4.69) is 36.0 Å². The number of morpholine rings is 1. The van der Waals surface area contributed by atoms with Crippen molar-refractivity contribution in [2.75, 3.05) is 30.4 Å². The van der Waals surface area contributed by atoms with Crippen molar-refractivity contribution in [2.24, 2.45) is 0 Å². The minimum atomic E-state index is 0.249. The van der Waals surface area contributed by atoms with Crippen LogP contribution in [0, 0.1) is 0 Å². The summed E-state index contributed by atoms with van der Waals surface area (Å²) in [6.45, 7) is 8.06. The number of hydrogen-bond donors (Lipinski definition) is 1. The Kier molecular flexibility index (Phi) is 4.58.